The second-order valence-electron chi connectivity index (χ2n) is 5.79. The van der Waals surface area contributed by atoms with E-state index in [0.29, 0.717) is 18.7 Å². The summed E-state index contributed by atoms with van der Waals surface area (Å²) in [5.74, 6) is -4.99. The number of hydrogen-bond acceptors (Lipinski definition) is 5. The van der Waals surface area contributed by atoms with Crippen LogP contribution in [0.3, 0.4) is 0 Å². The van der Waals surface area contributed by atoms with E-state index in [-0.39, 0.29) is 23.8 Å². The summed E-state index contributed by atoms with van der Waals surface area (Å²) >= 11 is 0. The van der Waals surface area contributed by atoms with E-state index in [1.165, 1.54) is 6.07 Å². The number of nitrogens with one attached hydrogen (secondary N) is 1. The van der Waals surface area contributed by atoms with Gasteiger partial charge in [-0.05, 0) is 25.1 Å². The van der Waals surface area contributed by atoms with Crippen LogP contribution in [0.1, 0.15) is 35.7 Å². The molecule has 1 amide bonds. The van der Waals surface area contributed by atoms with E-state index in [2.05, 4.69) is 15.3 Å². The molecule has 1 heterocycles. The van der Waals surface area contributed by atoms with Crippen LogP contribution < -0.4 is 11.1 Å². The van der Waals surface area contributed by atoms with E-state index >= 15 is 0 Å². The molecular weight excluding hydrogens is 377 g/mol. The number of ether oxygens (including phenoxy) is 1. The maximum Gasteiger partial charge on any atom is 0.298 e. The molecule has 0 aliphatic rings. The number of oxazole rings is 1. The number of amides is 1. The van der Waals surface area contributed by atoms with Gasteiger partial charge in [0.25, 0.3) is 11.8 Å². The number of rotatable bonds is 9. The third-order valence-corrected chi connectivity index (χ3v) is 3.69. The number of aliphatic imine (C=N–C) groups is 1. The molecule has 2 aromatic rings. The van der Waals surface area contributed by atoms with E-state index in [1.807, 2.05) is 0 Å². The molecule has 10 heteroatoms. The molecule has 152 valence electrons. The lowest BCUT2D eigenvalue weighted by Gasteiger charge is -2.18. The Labute approximate surface area is 159 Å². The average molecular weight is 398 g/mol. The summed E-state index contributed by atoms with van der Waals surface area (Å²) in [6, 6.07) is 2.87. The Balaban J connectivity index is 2.13. The Kier molecular flexibility index (Phi) is 7.16. The highest BCUT2D eigenvalue weighted by Crippen LogP contribution is 2.32. The van der Waals surface area contributed by atoms with E-state index in [1.54, 1.807) is 13.8 Å². The molecule has 0 atom stereocenters. The molecule has 0 saturated carbocycles. The van der Waals surface area contributed by atoms with Crippen molar-refractivity contribution in [2.24, 2.45) is 10.7 Å². The van der Waals surface area contributed by atoms with Gasteiger partial charge in [0.1, 0.15) is 30.6 Å². The van der Waals surface area contributed by atoms with Gasteiger partial charge in [-0.1, -0.05) is 6.92 Å². The Hall–Kier alpha value is -2.88. The molecule has 7 nitrogen and oxygen atoms in total. The number of alkyl halides is 2. The van der Waals surface area contributed by atoms with Crippen molar-refractivity contribution in [2.75, 3.05) is 25.1 Å². The van der Waals surface area contributed by atoms with Crippen LogP contribution in [0, 0.1) is 5.82 Å². The number of benzene rings is 1. The van der Waals surface area contributed by atoms with Crippen LogP contribution in [-0.2, 0) is 17.1 Å². The number of halogens is 3. The zero-order valence-corrected chi connectivity index (χ0v) is 15.5. The maximum atomic E-state index is 14.4. The number of anilines is 1. The highest BCUT2D eigenvalue weighted by molar-refractivity contribution is 6.03. The topological polar surface area (TPSA) is 103 Å². The first-order valence-corrected chi connectivity index (χ1v) is 8.56. The van der Waals surface area contributed by atoms with Crippen molar-refractivity contribution in [2.45, 2.75) is 26.2 Å². The summed E-state index contributed by atoms with van der Waals surface area (Å²) < 4.78 is 52.6. The number of carbonyl (C=O) groups is 1. The zero-order valence-electron chi connectivity index (χ0n) is 15.5. The fraction of sp³-hybridized carbons (Fsp3) is 0.389. The van der Waals surface area contributed by atoms with Crippen LogP contribution in [0.15, 0.2) is 34.0 Å². The quantitative estimate of drug-likeness (QED) is 0.499. The summed E-state index contributed by atoms with van der Waals surface area (Å²) in [4.78, 5) is 19.9. The molecule has 1 aromatic carbocycles. The summed E-state index contributed by atoms with van der Waals surface area (Å²) in [5.41, 5.74) is 4.59. The Morgan fingerprint density at radius 3 is 2.82 bits per heavy atom. The summed E-state index contributed by atoms with van der Waals surface area (Å²) in [6.45, 7) is 2.51. The molecule has 28 heavy (non-hydrogen) atoms. The van der Waals surface area contributed by atoms with Gasteiger partial charge in [0.2, 0.25) is 0 Å². The molecule has 0 saturated heterocycles. The van der Waals surface area contributed by atoms with Crippen molar-refractivity contribution in [3.05, 3.63) is 47.4 Å². The number of nitrogens with two attached hydrogens (primary N) is 1. The van der Waals surface area contributed by atoms with Gasteiger partial charge < -0.3 is 20.2 Å². The Bertz CT molecular complexity index is 852. The van der Waals surface area contributed by atoms with Crippen molar-refractivity contribution in [1.29, 1.82) is 0 Å². The van der Waals surface area contributed by atoms with E-state index in [9.17, 15) is 18.0 Å². The Morgan fingerprint density at radius 2 is 2.14 bits per heavy atom. The van der Waals surface area contributed by atoms with Gasteiger partial charge >= 0.3 is 0 Å². The predicted octanol–water partition coefficient (Wildman–Crippen LogP) is 3.11. The fourth-order valence-electron chi connectivity index (χ4n) is 2.39. The number of nitrogens with zero attached hydrogens (tertiary/aromatic N) is 2. The van der Waals surface area contributed by atoms with Gasteiger partial charge in [0.05, 0.1) is 5.56 Å². The van der Waals surface area contributed by atoms with Gasteiger partial charge in [-0.3, -0.25) is 9.79 Å². The monoisotopic (exact) mass is 398 g/mol. The molecule has 0 spiro atoms. The zero-order chi connectivity index (χ0) is 20.7. The number of carbonyl (C=O) groups excluding carboxylic acids is 1. The molecular formula is C18H21F3N4O3. The van der Waals surface area contributed by atoms with Gasteiger partial charge in [0, 0.05) is 18.7 Å². The van der Waals surface area contributed by atoms with Crippen LogP contribution in [0.4, 0.5) is 18.9 Å². The molecule has 1 aromatic heterocycles. The van der Waals surface area contributed by atoms with Crippen LogP contribution in [-0.4, -0.2) is 36.5 Å². The predicted molar refractivity (Wildman–Crippen MR) is 97.1 cm³/mol. The summed E-state index contributed by atoms with van der Waals surface area (Å²) in [7, 11) is 0. The van der Waals surface area contributed by atoms with Crippen LogP contribution in [0.25, 0.3) is 0 Å². The first-order chi connectivity index (χ1) is 13.3. The number of aromatic nitrogens is 1. The molecule has 0 unspecified atom stereocenters. The highest BCUT2D eigenvalue weighted by Gasteiger charge is 2.35. The minimum atomic E-state index is -3.64. The normalized spacial score (nSPS) is 12.2. The SMILES string of the molecule is CCN=C(N)COCC(F)(F)c1cc(NC(=O)c2ncoc2CC)ccc1F. The van der Waals surface area contributed by atoms with Gasteiger partial charge in [-0.2, -0.15) is 8.78 Å². The van der Waals surface area contributed by atoms with Gasteiger partial charge in [-0.25, -0.2) is 9.37 Å². The first-order valence-electron chi connectivity index (χ1n) is 8.56. The second-order valence-corrected chi connectivity index (χ2v) is 5.79. The lowest BCUT2D eigenvalue weighted by molar-refractivity contribution is -0.0775. The minimum absolute atomic E-state index is 0.0156. The molecule has 0 fully saturated rings. The molecule has 3 N–H and O–H groups in total. The lowest BCUT2D eigenvalue weighted by atomic mass is 10.1. The highest BCUT2D eigenvalue weighted by atomic mass is 19.3. The minimum Gasteiger partial charge on any atom is -0.448 e. The Morgan fingerprint density at radius 1 is 1.39 bits per heavy atom. The largest absolute Gasteiger partial charge is 0.448 e. The average Bonchev–Trinajstić information content (AvgIpc) is 3.12. The number of aryl methyl sites for hydroxylation is 1. The first kappa shape index (κ1) is 21.4. The molecule has 0 bridgehead atoms. The van der Waals surface area contributed by atoms with Gasteiger partial charge in [-0.15, -0.1) is 0 Å². The van der Waals surface area contributed by atoms with Crippen molar-refractivity contribution in [3.63, 3.8) is 0 Å². The lowest BCUT2D eigenvalue weighted by Crippen LogP contribution is -2.27. The van der Waals surface area contributed by atoms with Gasteiger partial charge in [0.15, 0.2) is 12.1 Å². The molecule has 0 aliphatic heterocycles. The smallest absolute Gasteiger partial charge is 0.298 e. The molecule has 0 aliphatic carbocycles. The van der Waals surface area contributed by atoms with Crippen molar-refractivity contribution in [3.8, 4) is 0 Å². The summed E-state index contributed by atoms with van der Waals surface area (Å²) in [5, 5.41) is 2.41. The second kappa shape index (κ2) is 9.36. The van der Waals surface area contributed by atoms with E-state index in [0.717, 1.165) is 18.5 Å². The molecule has 2 rings (SSSR count). The molecule has 0 radical (unpaired) electrons. The standard InChI is InChI=1S/C18H21F3N4O3/c1-3-14-16(24-10-28-14)17(26)25-11-5-6-13(19)12(7-11)18(20,21)9-27-8-15(22)23-4-2/h5-7,10H,3-4,8-9H2,1-2H3,(H2,22,23)(H,25,26). The summed E-state index contributed by atoms with van der Waals surface area (Å²) in [6.07, 6.45) is 1.54. The van der Waals surface area contributed by atoms with Crippen molar-refractivity contribution >= 4 is 17.4 Å². The fourth-order valence-corrected chi connectivity index (χ4v) is 2.39. The number of amidine groups is 1. The van der Waals surface area contributed by atoms with Crippen molar-refractivity contribution < 1.29 is 27.1 Å². The maximum absolute atomic E-state index is 14.4. The van der Waals surface area contributed by atoms with Crippen molar-refractivity contribution in [1.82, 2.24) is 4.98 Å². The van der Waals surface area contributed by atoms with E-state index < -0.39 is 29.8 Å². The van der Waals surface area contributed by atoms with Crippen LogP contribution >= 0.6 is 0 Å². The third kappa shape index (κ3) is 5.32. The van der Waals surface area contributed by atoms with Crippen LogP contribution in [0.5, 0.6) is 0 Å². The number of hydrogen-bond donors (Lipinski definition) is 2. The third-order valence-electron chi connectivity index (χ3n) is 3.69. The van der Waals surface area contributed by atoms with Crippen LogP contribution in [0.2, 0.25) is 0 Å². The van der Waals surface area contributed by atoms with E-state index in [4.69, 9.17) is 14.9 Å².